The summed E-state index contributed by atoms with van der Waals surface area (Å²) in [6, 6.07) is 15.0. The Balaban J connectivity index is 1.63. The van der Waals surface area contributed by atoms with Crippen LogP contribution in [0.2, 0.25) is 0 Å². The third kappa shape index (κ3) is 4.30. The maximum Gasteiger partial charge on any atom is 0.251 e. The first-order valence-corrected chi connectivity index (χ1v) is 8.70. The molecule has 0 fully saturated rings. The second-order valence-electron chi connectivity index (χ2n) is 6.22. The highest BCUT2D eigenvalue weighted by molar-refractivity contribution is 5.91. The molecule has 0 aliphatic rings. The van der Waals surface area contributed by atoms with Gasteiger partial charge in [-0.3, -0.25) is 9.59 Å². The molecule has 0 saturated heterocycles. The molecule has 134 valence electrons. The van der Waals surface area contributed by atoms with Gasteiger partial charge in [-0.05, 0) is 67.6 Å². The highest BCUT2D eigenvalue weighted by atomic mass is 16.5. The summed E-state index contributed by atoms with van der Waals surface area (Å²) in [5.74, 6) is 0.640. The monoisotopic (exact) mass is 350 g/mol. The van der Waals surface area contributed by atoms with Crippen LogP contribution in [0.1, 0.15) is 24.5 Å². The molecular weight excluding hydrogens is 328 g/mol. The SMILES string of the molecule is CCOc1ccc(NC(=O)CCc2cc3ccc(C)cc3[nH]c2=O)cc1. The first-order valence-electron chi connectivity index (χ1n) is 8.70. The molecule has 0 bridgehead atoms. The van der Waals surface area contributed by atoms with E-state index in [0.717, 1.165) is 22.2 Å². The molecule has 1 amide bonds. The van der Waals surface area contributed by atoms with Crippen LogP contribution in [0.25, 0.3) is 10.9 Å². The number of anilines is 1. The summed E-state index contributed by atoms with van der Waals surface area (Å²) in [4.78, 5) is 27.3. The minimum absolute atomic E-state index is 0.127. The first kappa shape index (κ1) is 17.7. The summed E-state index contributed by atoms with van der Waals surface area (Å²) in [7, 11) is 0. The molecule has 2 aromatic carbocycles. The number of rotatable bonds is 6. The zero-order chi connectivity index (χ0) is 18.5. The summed E-state index contributed by atoms with van der Waals surface area (Å²) in [6.45, 7) is 4.51. The number of carbonyl (C=O) groups is 1. The number of carbonyl (C=O) groups excluding carboxylic acids is 1. The molecule has 0 radical (unpaired) electrons. The number of H-pyrrole nitrogens is 1. The van der Waals surface area contributed by atoms with E-state index in [2.05, 4.69) is 10.3 Å². The lowest BCUT2D eigenvalue weighted by atomic mass is 10.1. The fourth-order valence-electron chi connectivity index (χ4n) is 2.82. The van der Waals surface area contributed by atoms with Gasteiger partial charge in [0.15, 0.2) is 0 Å². The summed E-state index contributed by atoms with van der Waals surface area (Å²) >= 11 is 0. The molecule has 1 aromatic heterocycles. The number of nitrogens with one attached hydrogen (secondary N) is 2. The molecule has 0 saturated carbocycles. The number of aromatic nitrogens is 1. The molecular formula is C21H22N2O3. The zero-order valence-electron chi connectivity index (χ0n) is 15.0. The zero-order valence-corrected chi connectivity index (χ0v) is 15.0. The second kappa shape index (κ2) is 7.87. The molecule has 3 rings (SSSR count). The molecule has 0 unspecified atom stereocenters. The van der Waals surface area contributed by atoms with E-state index in [1.807, 2.05) is 50.2 Å². The van der Waals surface area contributed by atoms with Gasteiger partial charge in [0, 0.05) is 23.2 Å². The number of amides is 1. The maximum absolute atomic E-state index is 12.2. The van der Waals surface area contributed by atoms with Crippen molar-refractivity contribution in [2.24, 2.45) is 0 Å². The van der Waals surface area contributed by atoms with Crippen LogP contribution in [0.5, 0.6) is 5.75 Å². The fourth-order valence-corrected chi connectivity index (χ4v) is 2.82. The number of ether oxygens (including phenoxy) is 1. The normalized spacial score (nSPS) is 10.7. The van der Waals surface area contributed by atoms with Crippen molar-refractivity contribution in [2.75, 3.05) is 11.9 Å². The number of fused-ring (bicyclic) bond motifs is 1. The van der Waals surface area contributed by atoms with Crippen LogP contribution in [0.15, 0.2) is 53.3 Å². The second-order valence-corrected chi connectivity index (χ2v) is 6.22. The molecule has 1 heterocycles. The Labute approximate surface area is 152 Å². The van der Waals surface area contributed by atoms with E-state index in [1.54, 1.807) is 12.1 Å². The highest BCUT2D eigenvalue weighted by Gasteiger charge is 2.08. The van der Waals surface area contributed by atoms with Crippen LogP contribution in [-0.4, -0.2) is 17.5 Å². The van der Waals surface area contributed by atoms with Crippen molar-refractivity contribution in [1.29, 1.82) is 0 Å². The third-order valence-electron chi connectivity index (χ3n) is 4.15. The quantitative estimate of drug-likeness (QED) is 0.710. The Morgan fingerprint density at radius 1 is 1.12 bits per heavy atom. The van der Waals surface area contributed by atoms with Gasteiger partial charge in [-0.1, -0.05) is 12.1 Å². The van der Waals surface area contributed by atoms with Crippen molar-refractivity contribution in [2.45, 2.75) is 26.7 Å². The molecule has 3 aromatic rings. The third-order valence-corrected chi connectivity index (χ3v) is 4.15. The van der Waals surface area contributed by atoms with Crippen molar-refractivity contribution >= 4 is 22.5 Å². The maximum atomic E-state index is 12.2. The Morgan fingerprint density at radius 3 is 2.62 bits per heavy atom. The standard InChI is InChI=1S/C21H22N2O3/c1-3-26-18-9-7-17(8-10-18)22-20(24)11-6-16-13-15-5-4-14(2)12-19(15)23-21(16)25/h4-5,7-10,12-13H,3,6,11H2,1-2H3,(H,22,24)(H,23,25). The number of pyridine rings is 1. The summed E-state index contributed by atoms with van der Waals surface area (Å²) in [5.41, 5.74) is 3.09. The molecule has 0 atom stereocenters. The summed E-state index contributed by atoms with van der Waals surface area (Å²) in [5, 5.41) is 3.81. The Bertz CT molecular complexity index is 975. The van der Waals surface area contributed by atoms with Crippen molar-refractivity contribution in [3.05, 3.63) is 70.0 Å². The predicted octanol–water partition coefficient (Wildman–Crippen LogP) is 3.81. The van der Waals surface area contributed by atoms with Gasteiger partial charge in [-0.2, -0.15) is 0 Å². The fraction of sp³-hybridized carbons (Fsp3) is 0.238. The molecule has 0 spiro atoms. The van der Waals surface area contributed by atoms with Gasteiger partial charge in [-0.15, -0.1) is 0 Å². The van der Waals surface area contributed by atoms with Crippen molar-refractivity contribution in [3.63, 3.8) is 0 Å². The van der Waals surface area contributed by atoms with Crippen LogP contribution in [0.4, 0.5) is 5.69 Å². The van der Waals surface area contributed by atoms with E-state index in [0.29, 0.717) is 24.3 Å². The van der Waals surface area contributed by atoms with Crippen molar-refractivity contribution < 1.29 is 9.53 Å². The van der Waals surface area contributed by atoms with Crippen molar-refractivity contribution in [1.82, 2.24) is 4.98 Å². The highest BCUT2D eigenvalue weighted by Crippen LogP contribution is 2.17. The molecule has 5 nitrogen and oxygen atoms in total. The number of aryl methyl sites for hydroxylation is 2. The van der Waals surface area contributed by atoms with Crippen molar-refractivity contribution in [3.8, 4) is 5.75 Å². The lowest BCUT2D eigenvalue weighted by Crippen LogP contribution is -2.17. The van der Waals surface area contributed by atoms with Gasteiger partial charge in [0.05, 0.1) is 6.61 Å². The van der Waals surface area contributed by atoms with Gasteiger partial charge in [0.1, 0.15) is 5.75 Å². The van der Waals surface area contributed by atoms with Crippen LogP contribution in [0, 0.1) is 6.92 Å². The average Bonchev–Trinajstić information content (AvgIpc) is 2.62. The van der Waals surface area contributed by atoms with Crippen LogP contribution < -0.4 is 15.6 Å². The lowest BCUT2D eigenvalue weighted by Gasteiger charge is -2.08. The van der Waals surface area contributed by atoms with E-state index in [9.17, 15) is 9.59 Å². The largest absolute Gasteiger partial charge is 0.494 e. The van der Waals surface area contributed by atoms with Gasteiger partial charge >= 0.3 is 0 Å². The molecule has 0 aliphatic carbocycles. The van der Waals surface area contributed by atoms with Crippen LogP contribution in [-0.2, 0) is 11.2 Å². The Hall–Kier alpha value is -3.08. The number of benzene rings is 2. The topological polar surface area (TPSA) is 71.2 Å². The first-order chi connectivity index (χ1) is 12.5. The van der Waals surface area contributed by atoms with E-state index in [4.69, 9.17) is 4.74 Å². The van der Waals surface area contributed by atoms with Gasteiger partial charge in [0.25, 0.3) is 5.56 Å². The van der Waals surface area contributed by atoms with Gasteiger partial charge in [0.2, 0.25) is 5.91 Å². The smallest absolute Gasteiger partial charge is 0.251 e. The molecule has 5 heteroatoms. The molecule has 2 N–H and O–H groups in total. The summed E-state index contributed by atoms with van der Waals surface area (Å²) in [6.07, 6.45) is 0.635. The minimum Gasteiger partial charge on any atom is -0.494 e. The Kier molecular flexibility index (Phi) is 5.37. The number of aromatic amines is 1. The predicted molar refractivity (Wildman–Crippen MR) is 104 cm³/mol. The lowest BCUT2D eigenvalue weighted by molar-refractivity contribution is -0.116. The van der Waals surface area contributed by atoms with E-state index in [1.165, 1.54) is 0 Å². The van der Waals surface area contributed by atoms with E-state index in [-0.39, 0.29) is 17.9 Å². The number of hydrogen-bond acceptors (Lipinski definition) is 3. The molecule has 26 heavy (non-hydrogen) atoms. The Morgan fingerprint density at radius 2 is 1.88 bits per heavy atom. The van der Waals surface area contributed by atoms with E-state index >= 15 is 0 Å². The van der Waals surface area contributed by atoms with Crippen LogP contribution >= 0.6 is 0 Å². The molecule has 0 aliphatic heterocycles. The minimum atomic E-state index is -0.142. The average molecular weight is 350 g/mol. The van der Waals surface area contributed by atoms with Gasteiger partial charge in [-0.25, -0.2) is 0 Å². The number of hydrogen-bond donors (Lipinski definition) is 2. The summed E-state index contributed by atoms with van der Waals surface area (Å²) < 4.78 is 5.38. The van der Waals surface area contributed by atoms with E-state index < -0.39 is 0 Å². The van der Waals surface area contributed by atoms with Crippen LogP contribution in [0.3, 0.4) is 0 Å². The van der Waals surface area contributed by atoms with Gasteiger partial charge < -0.3 is 15.0 Å².